The number of nitrogens with one attached hydrogen (secondary N) is 2. The van der Waals surface area contributed by atoms with Crippen LogP contribution in [0.4, 0.5) is 10.5 Å². The summed E-state index contributed by atoms with van der Waals surface area (Å²) in [5, 5.41) is 6.30. The molecule has 4 rings (SSSR count). The van der Waals surface area contributed by atoms with Gasteiger partial charge >= 0.3 is 6.03 Å². The van der Waals surface area contributed by atoms with E-state index in [9.17, 15) is 14.4 Å². The number of ether oxygens (including phenoxy) is 1. The van der Waals surface area contributed by atoms with Crippen LogP contribution < -0.4 is 20.3 Å². The van der Waals surface area contributed by atoms with Crippen LogP contribution in [0.15, 0.2) is 24.3 Å². The van der Waals surface area contributed by atoms with Gasteiger partial charge in [-0.05, 0) is 44.7 Å². The highest BCUT2D eigenvalue weighted by Crippen LogP contribution is 2.33. The Balaban J connectivity index is 1.25. The van der Waals surface area contributed by atoms with Crippen LogP contribution in [0.25, 0.3) is 0 Å². The molecule has 2 heterocycles. The molecule has 1 aliphatic carbocycles. The molecule has 33 heavy (non-hydrogen) atoms. The third-order valence-corrected chi connectivity index (χ3v) is 7.01. The summed E-state index contributed by atoms with van der Waals surface area (Å²) < 4.78 is 5.66. The van der Waals surface area contributed by atoms with Gasteiger partial charge in [-0.2, -0.15) is 0 Å². The summed E-state index contributed by atoms with van der Waals surface area (Å²) >= 11 is 0. The highest BCUT2D eigenvalue weighted by Gasteiger charge is 2.37. The molecule has 2 aliphatic heterocycles. The largest absolute Gasteiger partial charge is 0.492 e. The Morgan fingerprint density at radius 1 is 1.00 bits per heavy atom. The van der Waals surface area contributed by atoms with E-state index in [4.69, 9.17) is 4.74 Å². The van der Waals surface area contributed by atoms with Crippen LogP contribution in [0, 0.1) is 5.92 Å². The Labute approximate surface area is 196 Å². The molecule has 180 valence electrons. The zero-order valence-corrected chi connectivity index (χ0v) is 19.6. The highest BCUT2D eigenvalue weighted by atomic mass is 16.5. The van der Waals surface area contributed by atoms with Gasteiger partial charge in [0.15, 0.2) is 0 Å². The van der Waals surface area contributed by atoms with Crippen LogP contribution in [-0.4, -0.2) is 61.1 Å². The maximum absolute atomic E-state index is 12.9. The third kappa shape index (κ3) is 5.78. The number of hydrogen-bond donors (Lipinski definition) is 2. The minimum atomic E-state index is -0.375. The average molecular weight is 457 g/mol. The number of amides is 4. The molecule has 0 radical (unpaired) electrons. The van der Waals surface area contributed by atoms with Crippen molar-refractivity contribution in [3.63, 3.8) is 0 Å². The molecule has 4 amide bonds. The van der Waals surface area contributed by atoms with Crippen LogP contribution in [0.2, 0.25) is 0 Å². The van der Waals surface area contributed by atoms with Crippen LogP contribution in [-0.2, 0) is 9.59 Å². The molecule has 1 aromatic rings. The van der Waals surface area contributed by atoms with Gasteiger partial charge in [0.05, 0.1) is 18.2 Å². The van der Waals surface area contributed by atoms with Crippen LogP contribution in [0.1, 0.15) is 58.3 Å². The van der Waals surface area contributed by atoms with Gasteiger partial charge in [0.2, 0.25) is 11.8 Å². The van der Waals surface area contributed by atoms with Crippen molar-refractivity contribution >= 4 is 23.5 Å². The van der Waals surface area contributed by atoms with E-state index in [1.807, 2.05) is 36.1 Å². The molecule has 0 aromatic heterocycles. The molecule has 8 heteroatoms. The number of carbonyl (C=O) groups excluding carboxylic acids is 3. The number of para-hydroxylation sites is 2. The molecule has 8 nitrogen and oxygen atoms in total. The lowest BCUT2D eigenvalue weighted by atomic mass is 9.95. The first-order valence-corrected chi connectivity index (χ1v) is 12.4. The summed E-state index contributed by atoms with van der Waals surface area (Å²) in [6.07, 6.45) is 7.47. The van der Waals surface area contributed by atoms with Crippen molar-refractivity contribution in [1.29, 1.82) is 0 Å². The van der Waals surface area contributed by atoms with Gasteiger partial charge in [-0.1, -0.05) is 31.4 Å². The predicted octanol–water partition coefficient (Wildman–Crippen LogP) is 3.06. The van der Waals surface area contributed by atoms with Gasteiger partial charge in [0.25, 0.3) is 0 Å². The molecule has 1 unspecified atom stereocenters. The van der Waals surface area contributed by atoms with E-state index < -0.39 is 0 Å². The summed E-state index contributed by atoms with van der Waals surface area (Å²) in [5.41, 5.74) is 0.719. The molecule has 3 aliphatic rings. The highest BCUT2D eigenvalue weighted by molar-refractivity contribution is 6.01. The fourth-order valence-corrected chi connectivity index (χ4v) is 5.13. The van der Waals surface area contributed by atoms with E-state index in [-0.39, 0.29) is 36.2 Å². The second-order valence-corrected chi connectivity index (χ2v) is 9.36. The molecule has 2 saturated heterocycles. The molecule has 3 fully saturated rings. The number of anilines is 1. The maximum Gasteiger partial charge on any atom is 0.317 e. The van der Waals surface area contributed by atoms with Gasteiger partial charge in [0.1, 0.15) is 5.75 Å². The zero-order chi connectivity index (χ0) is 23.2. The van der Waals surface area contributed by atoms with Gasteiger partial charge in [-0.3, -0.25) is 9.59 Å². The van der Waals surface area contributed by atoms with Gasteiger partial charge in [-0.15, -0.1) is 0 Å². The smallest absolute Gasteiger partial charge is 0.317 e. The molecule has 0 bridgehead atoms. The zero-order valence-electron chi connectivity index (χ0n) is 19.6. The van der Waals surface area contributed by atoms with Gasteiger partial charge in [0, 0.05) is 38.1 Å². The van der Waals surface area contributed by atoms with Crippen molar-refractivity contribution in [3.05, 3.63) is 24.3 Å². The van der Waals surface area contributed by atoms with E-state index >= 15 is 0 Å². The molecular weight excluding hydrogens is 420 g/mol. The first-order chi connectivity index (χ1) is 16.0. The lowest BCUT2D eigenvalue weighted by Gasteiger charge is -2.34. The average Bonchev–Trinajstić information content (AvgIpc) is 3.22. The number of likely N-dealkylation sites (tertiary alicyclic amines) is 1. The summed E-state index contributed by atoms with van der Waals surface area (Å²) in [5.74, 6) is 0.148. The monoisotopic (exact) mass is 456 g/mol. The third-order valence-electron chi connectivity index (χ3n) is 7.01. The normalized spacial score (nSPS) is 22.3. The number of carbonyl (C=O) groups is 3. The maximum atomic E-state index is 12.9. The minimum Gasteiger partial charge on any atom is -0.492 e. The number of rotatable bonds is 6. The quantitative estimate of drug-likeness (QED) is 0.688. The topological polar surface area (TPSA) is 91.0 Å². The van der Waals surface area contributed by atoms with E-state index in [0.29, 0.717) is 38.0 Å². The first-order valence-electron chi connectivity index (χ1n) is 12.4. The number of piperidine rings is 1. The lowest BCUT2D eigenvalue weighted by molar-refractivity contribution is -0.127. The van der Waals surface area contributed by atoms with Crippen molar-refractivity contribution < 1.29 is 19.1 Å². The first kappa shape index (κ1) is 23.4. The second kappa shape index (κ2) is 10.9. The predicted molar refractivity (Wildman–Crippen MR) is 126 cm³/mol. The van der Waals surface area contributed by atoms with Gasteiger partial charge < -0.3 is 25.2 Å². The SMILES string of the molecule is CCOc1ccccc1N1CC(C(=O)NC2CCN(C(=O)NC3CCCCC3)CC2)CC1=O. The number of hydrogen-bond acceptors (Lipinski definition) is 4. The summed E-state index contributed by atoms with van der Waals surface area (Å²) in [6.45, 7) is 4.06. The fraction of sp³-hybridized carbons (Fsp3) is 0.640. The Morgan fingerprint density at radius 2 is 1.70 bits per heavy atom. The van der Waals surface area contributed by atoms with Gasteiger partial charge in [-0.25, -0.2) is 4.79 Å². The van der Waals surface area contributed by atoms with E-state index in [2.05, 4.69) is 10.6 Å². The van der Waals surface area contributed by atoms with E-state index in [0.717, 1.165) is 31.4 Å². The van der Waals surface area contributed by atoms with Crippen molar-refractivity contribution in [2.75, 3.05) is 31.1 Å². The minimum absolute atomic E-state index is 0.0247. The Kier molecular flexibility index (Phi) is 7.73. The van der Waals surface area contributed by atoms with E-state index in [1.165, 1.54) is 19.3 Å². The van der Waals surface area contributed by atoms with Crippen LogP contribution >= 0.6 is 0 Å². The standard InChI is InChI=1S/C25H36N4O4/c1-2-33-22-11-7-6-10-21(22)29-17-18(16-23(29)30)24(31)26-20-12-14-28(15-13-20)25(32)27-19-8-4-3-5-9-19/h6-7,10-11,18-20H,2-5,8-9,12-17H2,1H3,(H,26,31)(H,27,32). The summed E-state index contributed by atoms with van der Waals surface area (Å²) in [6, 6.07) is 7.82. The lowest BCUT2D eigenvalue weighted by Crippen LogP contribution is -2.52. The van der Waals surface area contributed by atoms with Crippen molar-refractivity contribution in [2.24, 2.45) is 5.92 Å². The fourth-order valence-electron chi connectivity index (χ4n) is 5.13. The van der Waals surface area contributed by atoms with E-state index in [1.54, 1.807) is 4.90 Å². The van der Waals surface area contributed by atoms with Crippen molar-refractivity contribution in [1.82, 2.24) is 15.5 Å². The molecule has 1 atom stereocenters. The second-order valence-electron chi connectivity index (χ2n) is 9.36. The Hall–Kier alpha value is -2.77. The number of nitrogens with zero attached hydrogens (tertiary/aromatic N) is 2. The summed E-state index contributed by atoms with van der Waals surface area (Å²) in [7, 11) is 0. The van der Waals surface area contributed by atoms with Crippen molar-refractivity contribution in [3.8, 4) is 5.75 Å². The van der Waals surface area contributed by atoms with Crippen LogP contribution in [0.5, 0.6) is 5.75 Å². The molecule has 1 saturated carbocycles. The Morgan fingerprint density at radius 3 is 2.42 bits per heavy atom. The van der Waals surface area contributed by atoms with Crippen molar-refractivity contribution in [2.45, 2.75) is 70.4 Å². The molecule has 2 N–H and O–H groups in total. The Bertz CT molecular complexity index is 847. The molecule has 0 spiro atoms. The summed E-state index contributed by atoms with van der Waals surface area (Å²) in [4.78, 5) is 41.7. The number of benzene rings is 1. The number of urea groups is 1. The van der Waals surface area contributed by atoms with Crippen LogP contribution in [0.3, 0.4) is 0 Å². The molecular formula is C25H36N4O4. The molecule has 1 aromatic carbocycles.